The van der Waals surface area contributed by atoms with Crippen molar-refractivity contribution >= 4 is 33.2 Å². The van der Waals surface area contributed by atoms with E-state index in [0.29, 0.717) is 21.8 Å². The Balaban J connectivity index is 2.15. The van der Waals surface area contributed by atoms with Gasteiger partial charge in [0.2, 0.25) is 0 Å². The van der Waals surface area contributed by atoms with Crippen LogP contribution in [0.1, 0.15) is 5.56 Å². The first kappa shape index (κ1) is 15.1. The van der Waals surface area contributed by atoms with E-state index in [1.54, 1.807) is 12.1 Å². The molecule has 0 aliphatic heterocycles. The number of anilines is 1. The van der Waals surface area contributed by atoms with Crippen LogP contribution in [0.5, 0.6) is 5.75 Å². The van der Waals surface area contributed by atoms with E-state index in [4.69, 9.17) is 16.3 Å². The second-order valence-electron chi connectivity index (χ2n) is 4.07. The minimum absolute atomic E-state index is 0.207. The lowest BCUT2D eigenvalue weighted by Crippen LogP contribution is -2.03. The van der Waals surface area contributed by atoms with Gasteiger partial charge in [0.1, 0.15) is 17.4 Å². The third kappa shape index (κ3) is 3.41. The van der Waals surface area contributed by atoms with Gasteiger partial charge in [0.05, 0.1) is 17.8 Å². The molecule has 0 unspecified atom stereocenters. The lowest BCUT2D eigenvalue weighted by molar-refractivity contribution is 0.415. The molecule has 6 heteroatoms. The molecule has 2 aromatic rings. The first-order valence-electron chi connectivity index (χ1n) is 5.72. The zero-order valence-corrected chi connectivity index (χ0v) is 12.9. The molecule has 0 aliphatic rings. The third-order valence-corrected chi connectivity index (χ3v) is 3.61. The third-order valence-electron chi connectivity index (χ3n) is 2.69. The Morgan fingerprint density at radius 3 is 2.60 bits per heavy atom. The van der Waals surface area contributed by atoms with E-state index < -0.39 is 11.6 Å². The summed E-state index contributed by atoms with van der Waals surface area (Å²) in [5.74, 6) is -0.714. The van der Waals surface area contributed by atoms with Gasteiger partial charge in [-0.1, -0.05) is 17.7 Å². The number of methoxy groups -OCH3 is 1. The number of hydrogen-bond donors (Lipinski definition) is 1. The molecule has 2 nitrogen and oxygen atoms in total. The van der Waals surface area contributed by atoms with Crippen molar-refractivity contribution in [2.24, 2.45) is 0 Å². The highest BCUT2D eigenvalue weighted by Crippen LogP contribution is 2.29. The van der Waals surface area contributed by atoms with Crippen LogP contribution in [0.25, 0.3) is 0 Å². The fourth-order valence-corrected chi connectivity index (χ4v) is 2.55. The fourth-order valence-electron chi connectivity index (χ4n) is 1.72. The van der Waals surface area contributed by atoms with Crippen molar-refractivity contribution in [1.82, 2.24) is 0 Å². The molecule has 0 saturated carbocycles. The fraction of sp³-hybridized carbons (Fsp3) is 0.143. The van der Waals surface area contributed by atoms with Gasteiger partial charge in [0, 0.05) is 17.1 Å². The van der Waals surface area contributed by atoms with Gasteiger partial charge in [-0.05, 0) is 39.7 Å². The Morgan fingerprint density at radius 2 is 2.00 bits per heavy atom. The van der Waals surface area contributed by atoms with E-state index >= 15 is 0 Å². The zero-order valence-electron chi connectivity index (χ0n) is 10.5. The van der Waals surface area contributed by atoms with Gasteiger partial charge in [-0.2, -0.15) is 0 Å². The average molecular weight is 363 g/mol. The SMILES string of the molecule is COc1ccc(CNc2c(F)cc(F)cc2Br)cc1Cl. The highest BCUT2D eigenvalue weighted by Gasteiger charge is 2.09. The maximum atomic E-state index is 13.6. The summed E-state index contributed by atoms with van der Waals surface area (Å²) in [5, 5.41) is 3.38. The van der Waals surface area contributed by atoms with Gasteiger partial charge in [-0.3, -0.25) is 0 Å². The van der Waals surface area contributed by atoms with Gasteiger partial charge >= 0.3 is 0 Å². The molecule has 0 amide bonds. The predicted molar refractivity (Wildman–Crippen MR) is 79.4 cm³/mol. The maximum Gasteiger partial charge on any atom is 0.150 e. The van der Waals surface area contributed by atoms with Gasteiger partial charge in [-0.15, -0.1) is 0 Å². The number of benzene rings is 2. The van der Waals surface area contributed by atoms with Gasteiger partial charge in [-0.25, -0.2) is 8.78 Å². The number of halogens is 4. The zero-order chi connectivity index (χ0) is 14.7. The van der Waals surface area contributed by atoms with Crippen LogP contribution < -0.4 is 10.1 Å². The van der Waals surface area contributed by atoms with E-state index in [1.807, 2.05) is 6.07 Å². The minimum Gasteiger partial charge on any atom is -0.495 e. The first-order valence-corrected chi connectivity index (χ1v) is 6.89. The van der Waals surface area contributed by atoms with Crippen molar-refractivity contribution in [3.63, 3.8) is 0 Å². The molecular formula is C14H11BrClF2NO. The quantitative estimate of drug-likeness (QED) is 0.826. The Hall–Kier alpha value is -1.33. The maximum absolute atomic E-state index is 13.6. The van der Waals surface area contributed by atoms with Crippen molar-refractivity contribution < 1.29 is 13.5 Å². The van der Waals surface area contributed by atoms with Crippen molar-refractivity contribution in [1.29, 1.82) is 0 Å². The van der Waals surface area contributed by atoms with E-state index in [0.717, 1.165) is 11.6 Å². The van der Waals surface area contributed by atoms with Crippen LogP contribution >= 0.6 is 27.5 Å². The molecule has 0 aliphatic carbocycles. The highest BCUT2D eigenvalue weighted by atomic mass is 79.9. The number of rotatable bonds is 4. The second kappa shape index (κ2) is 6.41. The van der Waals surface area contributed by atoms with Crippen LogP contribution in [0.3, 0.4) is 0 Å². The van der Waals surface area contributed by atoms with Crippen molar-refractivity contribution in [3.8, 4) is 5.75 Å². The highest BCUT2D eigenvalue weighted by molar-refractivity contribution is 9.10. The summed E-state index contributed by atoms with van der Waals surface area (Å²) < 4.78 is 32.0. The Kier molecular flexibility index (Phi) is 4.83. The Labute approximate surface area is 128 Å². The molecule has 0 radical (unpaired) electrons. The van der Waals surface area contributed by atoms with E-state index in [1.165, 1.54) is 13.2 Å². The van der Waals surface area contributed by atoms with E-state index in [2.05, 4.69) is 21.2 Å². The molecule has 1 N–H and O–H groups in total. The molecular weight excluding hydrogens is 352 g/mol. The predicted octanol–water partition coefficient (Wildman–Crippen LogP) is 5.00. The van der Waals surface area contributed by atoms with E-state index in [-0.39, 0.29) is 5.69 Å². The van der Waals surface area contributed by atoms with Crippen molar-refractivity contribution in [2.45, 2.75) is 6.54 Å². The molecule has 20 heavy (non-hydrogen) atoms. The molecule has 2 aromatic carbocycles. The Morgan fingerprint density at radius 1 is 1.25 bits per heavy atom. The van der Waals surface area contributed by atoms with Crippen LogP contribution in [0.2, 0.25) is 5.02 Å². The summed E-state index contributed by atoms with van der Waals surface area (Å²) in [6.45, 7) is 0.352. The molecule has 106 valence electrons. The van der Waals surface area contributed by atoms with Crippen LogP contribution in [0.15, 0.2) is 34.8 Å². The Bertz CT molecular complexity index is 614. The van der Waals surface area contributed by atoms with Gasteiger partial charge < -0.3 is 10.1 Å². The monoisotopic (exact) mass is 361 g/mol. The summed E-state index contributed by atoms with van der Waals surface area (Å²) in [5.41, 5.74) is 1.06. The lowest BCUT2D eigenvalue weighted by Gasteiger charge is -2.11. The largest absolute Gasteiger partial charge is 0.495 e. The topological polar surface area (TPSA) is 21.3 Å². The lowest BCUT2D eigenvalue weighted by atomic mass is 10.2. The standard InChI is InChI=1S/C14H11BrClF2NO/c1-20-13-3-2-8(4-11(13)16)7-19-14-10(15)5-9(17)6-12(14)18/h2-6,19H,7H2,1H3. The first-order chi connectivity index (χ1) is 9.51. The van der Waals surface area contributed by atoms with Crippen LogP contribution in [0, 0.1) is 11.6 Å². The molecule has 0 fully saturated rings. The molecule has 0 spiro atoms. The summed E-state index contributed by atoms with van der Waals surface area (Å²) >= 11 is 9.13. The molecule has 0 bridgehead atoms. The summed E-state index contributed by atoms with van der Waals surface area (Å²) in [6.07, 6.45) is 0. The smallest absolute Gasteiger partial charge is 0.150 e. The second-order valence-corrected chi connectivity index (χ2v) is 5.33. The summed E-state index contributed by atoms with van der Waals surface area (Å²) in [7, 11) is 1.53. The molecule has 0 atom stereocenters. The van der Waals surface area contributed by atoms with Crippen LogP contribution in [-0.2, 0) is 6.54 Å². The molecule has 2 rings (SSSR count). The van der Waals surface area contributed by atoms with E-state index in [9.17, 15) is 8.78 Å². The number of ether oxygens (including phenoxy) is 1. The number of nitrogens with one attached hydrogen (secondary N) is 1. The van der Waals surface area contributed by atoms with Crippen molar-refractivity contribution in [2.75, 3.05) is 12.4 Å². The minimum atomic E-state index is -0.656. The van der Waals surface area contributed by atoms with Crippen molar-refractivity contribution in [3.05, 3.63) is 57.0 Å². The number of hydrogen-bond acceptors (Lipinski definition) is 2. The average Bonchev–Trinajstić information content (AvgIpc) is 2.37. The van der Waals surface area contributed by atoms with Gasteiger partial charge in [0.25, 0.3) is 0 Å². The normalized spacial score (nSPS) is 10.4. The van der Waals surface area contributed by atoms with Crippen LogP contribution in [0.4, 0.5) is 14.5 Å². The molecule has 0 heterocycles. The molecule has 0 aromatic heterocycles. The summed E-state index contributed by atoms with van der Waals surface area (Å²) in [4.78, 5) is 0. The molecule has 0 saturated heterocycles. The summed E-state index contributed by atoms with van der Waals surface area (Å²) in [6, 6.07) is 7.30. The van der Waals surface area contributed by atoms with Crippen LogP contribution in [-0.4, -0.2) is 7.11 Å². The van der Waals surface area contributed by atoms with Gasteiger partial charge in [0.15, 0.2) is 0 Å².